The number of likely N-dealkylation sites (tertiary alicyclic amines) is 1. The van der Waals surface area contributed by atoms with Crippen molar-refractivity contribution in [1.82, 2.24) is 4.90 Å². The smallest absolute Gasteiger partial charge is 0.0166 e. The Labute approximate surface area is 113 Å². The van der Waals surface area contributed by atoms with Gasteiger partial charge < -0.3 is 10.6 Å². The Morgan fingerprint density at radius 2 is 1.61 bits per heavy atom. The maximum absolute atomic E-state index is 6.54. The second-order valence-corrected chi connectivity index (χ2v) is 7.53. The van der Waals surface area contributed by atoms with E-state index in [0.29, 0.717) is 5.41 Å². The van der Waals surface area contributed by atoms with Crippen LogP contribution in [0.5, 0.6) is 0 Å². The predicted octanol–water partition coefficient (Wildman–Crippen LogP) is 3.55. The van der Waals surface area contributed by atoms with Crippen LogP contribution in [0.25, 0.3) is 0 Å². The Morgan fingerprint density at radius 1 is 0.889 bits per heavy atom. The average Bonchev–Trinajstić information content (AvgIpc) is 2.49. The van der Waals surface area contributed by atoms with Crippen molar-refractivity contribution in [2.75, 3.05) is 19.6 Å². The number of rotatable bonds is 3. The van der Waals surface area contributed by atoms with Crippen LogP contribution in [0.3, 0.4) is 0 Å². The zero-order valence-electron chi connectivity index (χ0n) is 12.5. The first-order valence-electron chi connectivity index (χ1n) is 8.01. The summed E-state index contributed by atoms with van der Waals surface area (Å²) in [7, 11) is 0. The fraction of sp³-hybridized carbons (Fsp3) is 1.00. The molecule has 1 heterocycles. The van der Waals surface area contributed by atoms with Crippen LogP contribution in [0.4, 0.5) is 0 Å². The van der Waals surface area contributed by atoms with Crippen molar-refractivity contribution < 1.29 is 0 Å². The van der Waals surface area contributed by atoms with Gasteiger partial charge in [0.05, 0.1) is 0 Å². The first-order valence-corrected chi connectivity index (χ1v) is 8.01. The maximum atomic E-state index is 6.54. The molecule has 0 amide bonds. The molecule has 0 atom stereocenters. The summed E-state index contributed by atoms with van der Waals surface area (Å²) in [5.74, 6) is 0. The molecule has 2 heteroatoms. The average molecular weight is 252 g/mol. The molecule has 2 fully saturated rings. The molecule has 0 bridgehead atoms. The lowest BCUT2D eigenvalue weighted by atomic mass is 9.80. The van der Waals surface area contributed by atoms with Crippen LogP contribution < -0.4 is 5.73 Å². The molecule has 1 saturated heterocycles. The van der Waals surface area contributed by atoms with Crippen LogP contribution in [0.15, 0.2) is 0 Å². The molecule has 2 aliphatic rings. The Morgan fingerprint density at radius 3 is 2.33 bits per heavy atom. The first kappa shape index (κ1) is 14.3. The highest BCUT2D eigenvalue weighted by molar-refractivity contribution is 4.88. The van der Waals surface area contributed by atoms with Crippen LogP contribution >= 0.6 is 0 Å². The Bertz CT molecular complexity index is 254. The summed E-state index contributed by atoms with van der Waals surface area (Å²) in [5.41, 5.74) is 7.26. The standard InChI is InChI=1S/C16H32N2/c1-15(2)7-6-12-18(13-10-15)14-11-16(17)8-4-3-5-9-16/h3-14,17H2,1-2H3. The van der Waals surface area contributed by atoms with E-state index in [2.05, 4.69) is 18.7 Å². The van der Waals surface area contributed by atoms with Crippen molar-refractivity contribution in [3.8, 4) is 0 Å². The minimum absolute atomic E-state index is 0.167. The summed E-state index contributed by atoms with van der Waals surface area (Å²) >= 11 is 0. The molecule has 1 aliphatic heterocycles. The molecule has 2 N–H and O–H groups in total. The molecule has 1 saturated carbocycles. The minimum atomic E-state index is 0.167. The van der Waals surface area contributed by atoms with E-state index in [1.54, 1.807) is 0 Å². The second kappa shape index (κ2) is 5.92. The molecular weight excluding hydrogens is 220 g/mol. The largest absolute Gasteiger partial charge is 0.325 e. The third-order valence-corrected chi connectivity index (χ3v) is 5.21. The van der Waals surface area contributed by atoms with Crippen molar-refractivity contribution in [1.29, 1.82) is 0 Å². The fourth-order valence-electron chi connectivity index (χ4n) is 3.59. The van der Waals surface area contributed by atoms with Gasteiger partial charge in [-0.3, -0.25) is 0 Å². The van der Waals surface area contributed by atoms with Crippen LogP contribution in [0, 0.1) is 5.41 Å². The van der Waals surface area contributed by atoms with Crippen LogP contribution in [0.2, 0.25) is 0 Å². The molecule has 0 aromatic rings. The van der Waals surface area contributed by atoms with E-state index in [1.807, 2.05) is 0 Å². The third kappa shape index (κ3) is 4.24. The molecule has 2 nitrogen and oxygen atoms in total. The Hall–Kier alpha value is -0.0800. The van der Waals surface area contributed by atoms with Crippen LogP contribution in [-0.2, 0) is 0 Å². The van der Waals surface area contributed by atoms with E-state index >= 15 is 0 Å². The number of nitrogens with two attached hydrogens (primary N) is 1. The molecule has 2 rings (SSSR count). The quantitative estimate of drug-likeness (QED) is 0.832. The fourth-order valence-corrected chi connectivity index (χ4v) is 3.59. The molecule has 0 radical (unpaired) electrons. The second-order valence-electron chi connectivity index (χ2n) is 7.53. The van der Waals surface area contributed by atoms with E-state index in [9.17, 15) is 0 Å². The van der Waals surface area contributed by atoms with E-state index in [0.717, 1.165) is 0 Å². The topological polar surface area (TPSA) is 29.3 Å². The summed E-state index contributed by atoms with van der Waals surface area (Å²) < 4.78 is 0. The number of nitrogens with zero attached hydrogens (tertiary/aromatic N) is 1. The summed E-state index contributed by atoms with van der Waals surface area (Å²) in [4.78, 5) is 2.66. The first-order chi connectivity index (χ1) is 8.49. The third-order valence-electron chi connectivity index (χ3n) is 5.21. The lowest BCUT2D eigenvalue weighted by Crippen LogP contribution is -2.44. The van der Waals surface area contributed by atoms with Gasteiger partial charge in [-0.2, -0.15) is 0 Å². The molecule has 0 unspecified atom stereocenters. The molecular formula is C16H32N2. The normalized spacial score (nSPS) is 28.8. The van der Waals surface area contributed by atoms with Gasteiger partial charge in [0, 0.05) is 5.54 Å². The van der Waals surface area contributed by atoms with Crippen molar-refractivity contribution in [3.05, 3.63) is 0 Å². The predicted molar refractivity (Wildman–Crippen MR) is 78.7 cm³/mol. The van der Waals surface area contributed by atoms with E-state index in [1.165, 1.54) is 77.4 Å². The molecule has 0 aromatic carbocycles. The Balaban J connectivity index is 1.76. The highest BCUT2D eigenvalue weighted by Crippen LogP contribution is 2.31. The van der Waals surface area contributed by atoms with Crippen molar-refractivity contribution in [2.24, 2.45) is 11.1 Å². The molecule has 18 heavy (non-hydrogen) atoms. The summed E-state index contributed by atoms with van der Waals surface area (Å²) in [6, 6.07) is 0. The van der Waals surface area contributed by atoms with E-state index in [-0.39, 0.29) is 5.54 Å². The van der Waals surface area contributed by atoms with Gasteiger partial charge in [-0.15, -0.1) is 0 Å². The molecule has 1 aliphatic carbocycles. The van der Waals surface area contributed by atoms with E-state index < -0.39 is 0 Å². The van der Waals surface area contributed by atoms with Gasteiger partial charge in [-0.05, 0) is 63.6 Å². The summed E-state index contributed by atoms with van der Waals surface area (Å²) in [6.07, 6.45) is 11.9. The van der Waals surface area contributed by atoms with Gasteiger partial charge in [0.25, 0.3) is 0 Å². The lowest BCUT2D eigenvalue weighted by molar-refractivity contribution is 0.206. The Kier molecular flexibility index (Phi) is 4.71. The lowest BCUT2D eigenvalue weighted by Gasteiger charge is -2.35. The van der Waals surface area contributed by atoms with Crippen molar-refractivity contribution in [2.45, 2.75) is 77.2 Å². The highest BCUT2D eigenvalue weighted by atomic mass is 15.1. The highest BCUT2D eigenvalue weighted by Gasteiger charge is 2.29. The summed E-state index contributed by atoms with van der Waals surface area (Å²) in [6.45, 7) is 8.64. The number of hydrogen-bond acceptors (Lipinski definition) is 2. The molecule has 0 spiro atoms. The van der Waals surface area contributed by atoms with Gasteiger partial charge >= 0.3 is 0 Å². The monoisotopic (exact) mass is 252 g/mol. The van der Waals surface area contributed by atoms with Gasteiger partial charge in [-0.25, -0.2) is 0 Å². The minimum Gasteiger partial charge on any atom is -0.325 e. The van der Waals surface area contributed by atoms with Crippen molar-refractivity contribution >= 4 is 0 Å². The van der Waals surface area contributed by atoms with Crippen LogP contribution in [-0.4, -0.2) is 30.1 Å². The molecule has 0 aromatic heterocycles. The number of hydrogen-bond donors (Lipinski definition) is 1. The van der Waals surface area contributed by atoms with Crippen molar-refractivity contribution in [3.63, 3.8) is 0 Å². The van der Waals surface area contributed by atoms with E-state index in [4.69, 9.17) is 5.73 Å². The van der Waals surface area contributed by atoms with Crippen LogP contribution in [0.1, 0.15) is 71.6 Å². The van der Waals surface area contributed by atoms with Gasteiger partial charge in [0.15, 0.2) is 0 Å². The van der Waals surface area contributed by atoms with Gasteiger partial charge in [0.2, 0.25) is 0 Å². The SMILES string of the molecule is CC1(C)CCCN(CCC2(N)CCCCC2)CC1. The zero-order chi connectivity index (χ0) is 13.1. The van der Waals surface area contributed by atoms with Gasteiger partial charge in [-0.1, -0.05) is 33.1 Å². The zero-order valence-corrected chi connectivity index (χ0v) is 12.5. The molecule has 106 valence electrons. The summed E-state index contributed by atoms with van der Waals surface area (Å²) in [5, 5.41) is 0. The maximum Gasteiger partial charge on any atom is 0.0166 e. The van der Waals surface area contributed by atoms with Gasteiger partial charge in [0.1, 0.15) is 0 Å².